The van der Waals surface area contributed by atoms with Gasteiger partial charge in [-0.15, -0.1) is 5.69 Å². The third-order valence-electron chi connectivity index (χ3n) is 3.20. The highest BCUT2D eigenvalue weighted by Crippen LogP contribution is 2.34. The van der Waals surface area contributed by atoms with Crippen LogP contribution in [0.1, 0.15) is 16.7 Å². The molecule has 4 nitrogen and oxygen atoms in total. The van der Waals surface area contributed by atoms with Crippen LogP contribution in [-0.2, 0) is 10.0 Å². The van der Waals surface area contributed by atoms with E-state index >= 15 is 0 Å². The Labute approximate surface area is 125 Å². The van der Waals surface area contributed by atoms with Crippen molar-refractivity contribution in [2.45, 2.75) is 25.7 Å². The van der Waals surface area contributed by atoms with Crippen molar-refractivity contribution in [2.24, 2.45) is 0 Å². The van der Waals surface area contributed by atoms with Crippen molar-refractivity contribution in [3.63, 3.8) is 0 Å². The number of hydrogen-bond donors (Lipinski definition) is 0. The van der Waals surface area contributed by atoms with Crippen LogP contribution in [0.3, 0.4) is 0 Å². The Morgan fingerprint density at radius 2 is 1.48 bits per heavy atom. The van der Waals surface area contributed by atoms with Crippen LogP contribution >= 0.6 is 0 Å². The summed E-state index contributed by atoms with van der Waals surface area (Å²) in [5.41, 5.74) is 3.30. The van der Waals surface area contributed by atoms with Gasteiger partial charge in [-0.05, 0) is 45.0 Å². The van der Waals surface area contributed by atoms with Crippen molar-refractivity contribution in [3.8, 4) is 5.75 Å². The summed E-state index contributed by atoms with van der Waals surface area (Å²) in [6.45, 7) is 5.70. The van der Waals surface area contributed by atoms with Crippen LogP contribution in [0.25, 0.3) is 4.72 Å². The highest BCUT2D eigenvalue weighted by atomic mass is 32.2. The largest absolute Gasteiger partial charge is 0.572 e. The number of nitrogens with zero attached hydrogens (tertiary/aromatic N) is 1. The normalized spacial score (nSPS) is 11.2. The van der Waals surface area contributed by atoms with Crippen LogP contribution in [0.15, 0.2) is 41.3 Å². The van der Waals surface area contributed by atoms with Gasteiger partial charge in [0, 0.05) is 0 Å². The standard InChI is InChI=1S/C16H18NO3S/c1-11-9-12(2)16(13(3)10-11)17-21(18,19)15-7-5-14(20-4)6-8-15/h5-10H,1-4H3/q-1. The average molecular weight is 304 g/mol. The van der Waals surface area contributed by atoms with Crippen molar-refractivity contribution in [2.75, 3.05) is 7.11 Å². The molecule has 0 unspecified atom stereocenters. The van der Waals surface area contributed by atoms with E-state index in [2.05, 4.69) is 4.72 Å². The highest BCUT2D eigenvalue weighted by molar-refractivity contribution is 7.94. The van der Waals surface area contributed by atoms with Gasteiger partial charge in [0.15, 0.2) is 0 Å². The number of ether oxygens (including phenoxy) is 1. The average Bonchev–Trinajstić information content (AvgIpc) is 2.43. The van der Waals surface area contributed by atoms with Crippen LogP contribution in [0.4, 0.5) is 5.69 Å². The molecule has 2 aromatic rings. The zero-order valence-electron chi connectivity index (χ0n) is 12.5. The van der Waals surface area contributed by atoms with E-state index in [0.717, 1.165) is 16.7 Å². The molecule has 0 saturated heterocycles. The summed E-state index contributed by atoms with van der Waals surface area (Å²) in [7, 11) is -2.19. The first-order chi connectivity index (χ1) is 9.83. The first-order valence-corrected chi connectivity index (χ1v) is 7.97. The van der Waals surface area contributed by atoms with Crippen molar-refractivity contribution in [1.29, 1.82) is 0 Å². The van der Waals surface area contributed by atoms with Gasteiger partial charge < -0.3 is 9.46 Å². The lowest BCUT2D eigenvalue weighted by atomic mass is 10.1. The topological polar surface area (TPSA) is 57.5 Å². The second-order valence-electron chi connectivity index (χ2n) is 4.99. The summed E-state index contributed by atoms with van der Waals surface area (Å²) in [5.74, 6) is 0.608. The molecule has 0 aliphatic rings. The molecule has 0 fully saturated rings. The Kier molecular flexibility index (Phi) is 4.23. The molecule has 0 spiro atoms. The second kappa shape index (κ2) is 5.77. The molecule has 0 amide bonds. The minimum Gasteiger partial charge on any atom is -0.572 e. The van der Waals surface area contributed by atoms with Gasteiger partial charge in [0.05, 0.1) is 12.0 Å². The minimum absolute atomic E-state index is 0.155. The van der Waals surface area contributed by atoms with Crippen molar-refractivity contribution < 1.29 is 13.2 Å². The lowest BCUT2D eigenvalue weighted by molar-refractivity contribution is 0.414. The molecule has 0 aromatic heterocycles. The molecule has 112 valence electrons. The van der Waals surface area contributed by atoms with Crippen molar-refractivity contribution in [3.05, 3.63) is 57.8 Å². The van der Waals surface area contributed by atoms with Gasteiger partial charge in [-0.2, -0.15) is 0 Å². The Bertz CT molecular complexity index is 727. The molecule has 0 saturated carbocycles. The number of methoxy groups -OCH3 is 1. The zero-order valence-corrected chi connectivity index (χ0v) is 13.4. The number of hydrogen-bond acceptors (Lipinski definition) is 3. The van der Waals surface area contributed by atoms with Crippen LogP contribution < -0.4 is 4.74 Å². The Morgan fingerprint density at radius 3 is 1.95 bits per heavy atom. The van der Waals surface area contributed by atoms with Gasteiger partial charge in [0.1, 0.15) is 15.8 Å². The summed E-state index contributed by atoms with van der Waals surface area (Å²) in [6.07, 6.45) is 0. The third-order valence-corrected chi connectivity index (χ3v) is 4.49. The fraction of sp³-hybridized carbons (Fsp3) is 0.250. The van der Waals surface area contributed by atoms with Gasteiger partial charge in [-0.25, -0.2) is 8.42 Å². The maximum Gasteiger partial charge on any atom is 0.123 e. The van der Waals surface area contributed by atoms with Gasteiger partial charge in [0.25, 0.3) is 0 Å². The van der Waals surface area contributed by atoms with E-state index in [1.165, 1.54) is 19.2 Å². The molecule has 0 bridgehead atoms. The van der Waals surface area contributed by atoms with Crippen molar-refractivity contribution in [1.82, 2.24) is 0 Å². The summed E-state index contributed by atoms with van der Waals surface area (Å²) in [6, 6.07) is 10.1. The number of aryl methyl sites for hydroxylation is 3. The second-order valence-corrected chi connectivity index (χ2v) is 6.59. The van der Waals surface area contributed by atoms with Gasteiger partial charge in [-0.1, -0.05) is 28.8 Å². The Balaban J connectivity index is 2.37. The van der Waals surface area contributed by atoms with Crippen LogP contribution in [-0.4, -0.2) is 15.5 Å². The smallest absolute Gasteiger partial charge is 0.123 e. The van der Waals surface area contributed by atoms with E-state index in [1.807, 2.05) is 32.9 Å². The van der Waals surface area contributed by atoms with E-state index in [0.29, 0.717) is 11.4 Å². The third kappa shape index (κ3) is 3.36. The minimum atomic E-state index is -3.73. The molecule has 0 N–H and O–H groups in total. The molecule has 2 aromatic carbocycles. The highest BCUT2D eigenvalue weighted by Gasteiger charge is 2.07. The summed E-state index contributed by atoms with van der Waals surface area (Å²) < 4.78 is 33.8. The van der Waals surface area contributed by atoms with Gasteiger partial charge >= 0.3 is 0 Å². The van der Waals surface area contributed by atoms with Crippen LogP contribution in [0, 0.1) is 20.8 Å². The molecule has 5 heteroatoms. The molecule has 0 aliphatic carbocycles. The molecular weight excluding hydrogens is 286 g/mol. The first kappa shape index (κ1) is 15.4. The number of benzene rings is 2. The van der Waals surface area contributed by atoms with E-state index < -0.39 is 10.0 Å². The Hall–Kier alpha value is -2.01. The molecule has 0 aliphatic heterocycles. The van der Waals surface area contributed by atoms with E-state index in [4.69, 9.17) is 4.74 Å². The monoisotopic (exact) mass is 304 g/mol. The maximum absolute atomic E-state index is 12.4. The van der Waals surface area contributed by atoms with Crippen LogP contribution in [0.2, 0.25) is 0 Å². The lowest BCUT2D eigenvalue weighted by Crippen LogP contribution is -1.99. The Morgan fingerprint density at radius 1 is 0.952 bits per heavy atom. The number of sulfonamides is 1. The van der Waals surface area contributed by atoms with E-state index in [-0.39, 0.29) is 4.90 Å². The van der Waals surface area contributed by atoms with E-state index in [1.54, 1.807) is 12.1 Å². The molecule has 0 heterocycles. The fourth-order valence-electron chi connectivity index (χ4n) is 2.24. The fourth-order valence-corrected chi connectivity index (χ4v) is 3.35. The number of rotatable bonds is 4. The van der Waals surface area contributed by atoms with Gasteiger partial charge in [0.2, 0.25) is 0 Å². The molecule has 0 radical (unpaired) electrons. The van der Waals surface area contributed by atoms with E-state index in [9.17, 15) is 8.42 Å². The maximum atomic E-state index is 12.4. The predicted molar refractivity (Wildman–Crippen MR) is 83.9 cm³/mol. The molecule has 0 atom stereocenters. The molecular formula is C16H18NO3S-. The molecule has 2 rings (SSSR count). The van der Waals surface area contributed by atoms with Crippen molar-refractivity contribution >= 4 is 15.7 Å². The summed E-state index contributed by atoms with van der Waals surface area (Å²) in [5, 5.41) is 0. The predicted octanol–water partition coefficient (Wildman–Crippen LogP) is 4.01. The van der Waals surface area contributed by atoms with Crippen LogP contribution in [0.5, 0.6) is 5.75 Å². The quantitative estimate of drug-likeness (QED) is 0.857. The SMILES string of the molecule is COc1ccc(S(=O)(=O)[N-]c2c(C)cc(C)cc2C)cc1. The summed E-state index contributed by atoms with van der Waals surface area (Å²) >= 11 is 0. The first-order valence-electron chi connectivity index (χ1n) is 6.53. The zero-order chi connectivity index (χ0) is 15.6. The molecule has 21 heavy (non-hydrogen) atoms. The summed E-state index contributed by atoms with van der Waals surface area (Å²) in [4.78, 5) is 0.155. The lowest BCUT2D eigenvalue weighted by Gasteiger charge is -2.27. The van der Waals surface area contributed by atoms with Gasteiger partial charge in [-0.3, -0.25) is 0 Å².